The highest BCUT2D eigenvalue weighted by molar-refractivity contribution is 7.85. The highest BCUT2D eigenvalue weighted by atomic mass is 32.2. The maximum Gasteiger partial charge on any atom is 0.264 e. The molecule has 1 heterocycles. The van der Waals surface area contributed by atoms with Gasteiger partial charge in [0.15, 0.2) is 6.29 Å². The van der Waals surface area contributed by atoms with Gasteiger partial charge in [-0.15, -0.1) is 0 Å². The van der Waals surface area contributed by atoms with Gasteiger partial charge in [-0.2, -0.15) is 8.42 Å². The van der Waals surface area contributed by atoms with Crippen molar-refractivity contribution in [3.8, 4) is 0 Å². The number of aliphatic hydroxyl groups is 1. The monoisotopic (exact) mass is 528 g/mol. The van der Waals surface area contributed by atoms with Crippen molar-refractivity contribution in [1.29, 1.82) is 0 Å². The molecule has 8 nitrogen and oxygen atoms in total. The number of hydrogen-bond acceptors (Lipinski definition) is 8. The first-order valence-electron chi connectivity index (χ1n) is 12.0. The molecule has 9 heteroatoms. The van der Waals surface area contributed by atoms with E-state index in [1.165, 1.54) is 0 Å². The number of aliphatic hydroxyl groups excluding tert-OH is 1. The minimum Gasteiger partial charge on any atom is -0.368 e. The van der Waals surface area contributed by atoms with E-state index in [1.807, 2.05) is 91.0 Å². The molecule has 3 aromatic rings. The van der Waals surface area contributed by atoms with Crippen molar-refractivity contribution in [2.24, 2.45) is 0 Å². The first-order chi connectivity index (χ1) is 17.9. The maximum atomic E-state index is 11.7. The number of ether oxygens (including phenoxy) is 4. The van der Waals surface area contributed by atoms with Gasteiger partial charge in [0.05, 0.1) is 32.7 Å². The second-order valence-electron chi connectivity index (χ2n) is 8.84. The van der Waals surface area contributed by atoms with Gasteiger partial charge in [0, 0.05) is 0 Å². The fraction of sp³-hybridized carbons (Fsp3) is 0.357. The van der Waals surface area contributed by atoms with Gasteiger partial charge in [-0.3, -0.25) is 4.18 Å². The van der Waals surface area contributed by atoms with Crippen LogP contribution >= 0.6 is 0 Å². The Balaban J connectivity index is 1.58. The molecule has 1 aliphatic rings. The van der Waals surface area contributed by atoms with Crippen molar-refractivity contribution < 1.29 is 36.7 Å². The van der Waals surface area contributed by atoms with Crippen molar-refractivity contribution in [2.75, 3.05) is 12.9 Å². The molecule has 4 rings (SSSR count). The summed E-state index contributed by atoms with van der Waals surface area (Å²) in [6.07, 6.45) is -3.85. The van der Waals surface area contributed by atoms with E-state index in [0.717, 1.165) is 22.9 Å². The average molecular weight is 529 g/mol. The number of benzene rings is 3. The van der Waals surface area contributed by atoms with Crippen LogP contribution in [0.15, 0.2) is 91.0 Å². The Hall–Kier alpha value is -2.63. The van der Waals surface area contributed by atoms with Crippen molar-refractivity contribution in [2.45, 2.75) is 50.5 Å². The molecule has 0 amide bonds. The summed E-state index contributed by atoms with van der Waals surface area (Å²) in [5.74, 6) is 0. The summed E-state index contributed by atoms with van der Waals surface area (Å²) < 4.78 is 53.0. The highest BCUT2D eigenvalue weighted by Gasteiger charge is 2.48. The summed E-state index contributed by atoms with van der Waals surface area (Å²) in [6.45, 7) is 0.324. The molecular weight excluding hydrogens is 496 g/mol. The van der Waals surface area contributed by atoms with E-state index >= 15 is 0 Å². The van der Waals surface area contributed by atoms with Gasteiger partial charge in [-0.25, -0.2) is 0 Å². The Labute approximate surface area is 217 Å². The molecule has 0 radical (unpaired) electrons. The average Bonchev–Trinajstić information content (AvgIpc) is 2.90. The molecule has 0 unspecified atom stereocenters. The van der Waals surface area contributed by atoms with E-state index in [-0.39, 0.29) is 26.4 Å². The molecule has 3 aromatic carbocycles. The minimum absolute atomic E-state index is 0.215. The quantitative estimate of drug-likeness (QED) is 0.357. The van der Waals surface area contributed by atoms with E-state index in [4.69, 9.17) is 23.1 Å². The zero-order valence-corrected chi connectivity index (χ0v) is 21.4. The van der Waals surface area contributed by atoms with Crippen LogP contribution in [0.5, 0.6) is 0 Å². The topological polar surface area (TPSA) is 101 Å². The molecule has 0 spiro atoms. The van der Waals surface area contributed by atoms with E-state index in [2.05, 4.69) is 0 Å². The lowest BCUT2D eigenvalue weighted by molar-refractivity contribution is -0.314. The van der Waals surface area contributed by atoms with Gasteiger partial charge >= 0.3 is 0 Å². The largest absolute Gasteiger partial charge is 0.368 e. The van der Waals surface area contributed by atoms with Crippen molar-refractivity contribution in [1.82, 2.24) is 0 Å². The Morgan fingerprint density at radius 2 is 1.08 bits per heavy atom. The van der Waals surface area contributed by atoms with E-state index < -0.39 is 40.8 Å². The van der Waals surface area contributed by atoms with Crippen molar-refractivity contribution in [3.05, 3.63) is 108 Å². The lowest BCUT2D eigenvalue weighted by Crippen LogP contribution is -2.61. The molecule has 1 saturated heterocycles. The normalized spacial score (nSPS) is 24.1. The van der Waals surface area contributed by atoms with Gasteiger partial charge in [0.2, 0.25) is 0 Å². The lowest BCUT2D eigenvalue weighted by atomic mass is 9.98. The van der Waals surface area contributed by atoms with Crippen LogP contribution in [-0.2, 0) is 53.1 Å². The van der Waals surface area contributed by atoms with E-state index in [9.17, 15) is 13.5 Å². The van der Waals surface area contributed by atoms with Crippen LogP contribution in [0.2, 0.25) is 0 Å². The number of rotatable bonds is 12. The zero-order valence-electron chi connectivity index (χ0n) is 20.6. The summed E-state index contributed by atoms with van der Waals surface area (Å²) in [5.41, 5.74) is 2.76. The number of hydrogen-bond donors (Lipinski definition) is 1. The Morgan fingerprint density at radius 1 is 0.676 bits per heavy atom. The summed E-state index contributed by atoms with van der Waals surface area (Å²) >= 11 is 0. The predicted octanol–water partition coefficient (Wildman–Crippen LogP) is 3.44. The van der Waals surface area contributed by atoms with Crippen LogP contribution in [0.4, 0.5) is 0 Å². The molecule has 1 fully saturated rings. The SMILES string of the molecule is CS(=O)(=O)OC[C@H]1O[C@H](O)[C@@H](OCc2ccccc2)[C@@H](OCc2ccccc2)[C@@H]1OCc1ccccc1. The standard InChI is InChI=1S/C28H32O8S/c1-37(30,31)35-20-24-25(32-17-21-11-5-2-6-12-21)26(33-18-22-13-7-3-8-14-22)27(28(29)36-24)34-19-23-15-9-4-10-16-23/h2-16,24-29H,17-20H2,1H3/t24-,25-,26+,27+,28+/m1/s1. The molecule has 1 aliphatic heterocycles. The molecule has 1 N–H and O–H groups in total. The Bertz CT molecular complexity index is 1170. The second-order valence-corrected chi connectivity index (χ2v) is 10.5. The summed E-state index contributed by atoms with van der Waals surface area (Å²) in [4.78, 5) is 0. The van der Waals surface area contributed by atoms with Crippen LogP contribution in [0.1, 0.15) is 16.7 Å². The van der Waals surface area contributed by atoms with Crippen molar-refractivity contribution in [3.63, 3.8) is 0 Å². The third-order valence-corrected chi connectivity index (χ3v) is 6.48. The van der Waals surface area contributed by atoms with Crippen LogP contribution < -0.4 is 0 Å². The molecule has 0 bridgehead atoms. The Morgan fingerprint density at radius 3 is 1.51 bits per heavy atom. The Kier molecular flexibility index (Phi) is 9.81. The van der Waals surface area contributed by atoms with E-state index in [1.54, 1.807) is 0 Å². The fourth-order valence-corrected chi connectivity index (χ4v) is 4.47. The van der Waals surface area contributed by atoms with Crippen LogP contribution in [-0.4, -0.2) is 57.1 Å². The zero-order chi connectivity index (χ0) is 26.1. The van der Waals surface area contributed by atoms with E-state index in [0.29, 0.717) is 0 Å². The third kappa shape index (κ3) is 8.44. The summed E-state index contributed by atoms with van der Waals surface area (Å²) in [7, 11) is -3.75. The smallest absolute Gasteiger partial charge is 0.264 e. The van der Waals surface area contributed by atoms with Crippen LogP contribution in [0.3, 0.4) is 0 Å². The predicted molar refractivity (Wildman–Crippen MR) is 137 cm³/mol. The molecule has 0 aromatic heterocycles. The van der Waals surface area contributed by atoms with Crippen LogP contribution in [0.25, 0.3) is 0 Å². The van der Waals surface area contributed by atoms with Gasteiger partial charge in [-0.1, -0.05) is 91.0 Å². The maximum absolute atomic E-state index is 11.7. The molecule has 198 valence electrons. The van der Waals surface area contributed by atoms with Crippen LogP contribution in [0, 0.1) is 0 Å². The highest BCUT2D eigenvalue weighted by Crippen LogP contribution is 2.30. The first kappa shape index (κ1) is 27.4. The molecular formula is C28H32O8S. The molecule has 0 saturated carbocycles. The third-order valence-electron chi connectivity index (χ3n) is 5.91. The summed E-state index contributed by atoms with van der Waals surface area (Å²) in [6, 6.07) is 28.7. The second kappa shape index (κ2) is 13.3. The minimum atomic E-state index is -3.75. The molecule has 37 heavy (non-hydrogen) atoms. The fourth-order valence-electron chi connectivity index (χ4n) is 4.09. The molecule has 0 aliphatic carbocycles. The molecule has 5 atom stereocenters. The van der Waals surface area contributed by atoms with Gasteiger partial charge in [0.1, 0.15) is 24.4 Å². The van der Waals surface area contributed by atoms with Gasteiger partial charge in [-0.05, 0) is 16.7 Å². The van der Waals surface area contributed by atoms with Crippen molar-refractivity contribution >= 4 is 10.1 Å². The first-order valence-corrected chi connectivity index (χ1v) is 13.9. The lowest BCUT2D eigenvalue weighted by Gasteiger charge is -2.44. The van der Waals surface area contributed by atoms with Gasteiger partial charge in [0.25, 0.3) is 10.1 Å². The van der Waals surface area contributed by atoms with Gasteiger partial charge < -0.3 is 24.1 Å². The summed E-state index contributed by atoms with van der Waals surface area (Å²) in [5, 5.41) is 10.9.